The van der Waals surface area contributed by atoms with Gasteiger partial charge in [-0.1, -0.05) is 0 Å². The normalized spacial score (nSPS) is 22.4. The smallest absolute Gasteiger partial charge is 0.109 e. The Morgan fingerprint density at radius 1 is 1.28 bits per heavy atom. The third-order valence-corrected chi connectivity index (χ3v) is 4.37. The van der Waals surface area contributed by atoms with Crippen LogP contribution in [0, 0.1) is 0 Å². The maximum Gasteiger partial charge on any atom is 0.109 e. The number of H-pyrrole nitrogens is 1. The van der Waals surface area contributed by atoms with Gasteiger partial charge in [-0.05, 0) is 39.8 Å². The molecule has 3 heterocycles. The Morgan fingerprint density at radius 2 is 2.06 bits per heavy atom. The summed E-state index contributed by atoms with van der Waals surface area (Å²) in [7, 11) is 0. The summed E-state index contributed by atoms with van der Waals surface area (Å²) in [6.45, 7) is 9.04. The number of likely N-dealkylation sites (tertiary alicyclic amines) is 1. The summed E-state index contributed by atoms with van der Waals surface area (Å²) in [6, 6.07) is 0.681. The standard InChI is InChI=1S/C14H24N4/c1-10(2)18-7-4-11(5-8-18)14-16-12-3-6-15-9-13(12)17-14/h10-11,15H,3-9H2,1-2H3,(H,16,17). The lowest BCUT2D eigenvalue weighted by molar-refractivity contribution is 0.170. The van der Waals surface area contributed by atoms with Crippen molar-refractivity contribution in [2.45, 2.75) is 51.6 Å². The van der Waals surface area contributed by atoms with Gasteiger partial charge in [-0.25, -0.2) is 4.98 Å². The van der Waals surface area contributed by atoms with Gasteiger partial charge in [-0.15, -0.1) is 0 Å². The minimum Gasteiger partial charge on any atom is -0.344 e. The van der Waals surface area contributed by atoms with Crippen LogP contribution in [0.2, 0.25) is 0 Å². The second-order valence-electron chi connectivity index (χ2n) is 5.88. The lowest BCUT2D eigenvalue weighted by atomic mass is 9.95. The number of aromatic amines is 1. The molecular weight excluding hydrogens is 224 g/mol. The highest BCUT2D eigenvalue weighted by Gasteiger charge is 2.25. The molecule has 0 amide bonds. The molecule has 1 aromatic rings. The van der Waals surface area contributed by atoms with Gasteiger partial charge in [0.05, 0.1) is 11.4 Å². The van der Waals surface area contributed by atoms with Crippen LogP contribution in [0.5, 0.6) is 0 Å². The maximum absolute atomic E-state index is 4.83. The predicted molar refractivity (Wildman–Crippen MR) is 72.7 cm³/mol. The van der Waals surface area contributed by atoms with Crippen molar-refractivity contribution in [3.63, 3.8) is 0 Å². The first kappa shape index (κ1) is 12.2. The fourth-order valence-corrected chi connectivity index (χ4v) is 3.12. The molecule has 0 aromatic carbocycles. The molecule has 3 rings (SSSR count). The fourth-order valence-electron chi connectivity index (χ4n) is 3.12. The molecule has 0 aliphatic carbocycles. The van der Waals surface area contributed by atoms with E-state index in [2.05, 4.69) is 29.0 Å². The van der Waals surface area contributed by atoms with Crippen LogP contribution in [0.4, 0.5) is 0 Å². The van der Waals surface area contributed by atoms with Crippen LogP contribution in [0.25, 0.3) is 0 Å². The SMILES string of the molecule is CC(C)N1CCC(c2nc3c([nH]2)CNCC3)CC1. The molecule has 1 fully saturated rings. The lowest BCUT2D eigenvalue weighted by Gasteiger charge is -2.33. The molecule has 1 aromatic heterocycles. The third-order valence-electron chi connectivity index (χ3n) is 4.37. The molecule has 18 heavy (non-hydrogen) atoms. The van der Waals surface area contributed by atoms with Crippen molar-refractivity contribution in [2.24, 2.45) is 0 Å². The van der Waals surface area contributed by atoms with Gasteiger partial charge in [0, 0.05) is 31.5 Å². The molecule has 4 heteroatoms. The highest BCUT2D eigenvalue weighted by atomic mass is 15.2. The molecule has 2 aliphatic heterocycles. The van der Waals surface area contributed by atoms with Gasteiger partial charge in [-0.3, -0.25) is 0 Å². The van der Waals surface area contributed by atoms with Crippen LogP contribution in [0.1, 0.15) is 49.8 Å². The van der Waals surface area contributed by atoms with Gasteiger partial charge in [-0.2, -0.15) is 0 Å². The minimum atomic E-state index is 0.644. The van der Waals surface area contributed by atoms with E-state index in [1.165, 1.54) is 43.1 Å². The number of nitrogens with zero attached hydrogens (tertiary/aromatic N) is 2. The summed E-state index contributed by atoms with van der Waals surface area (Å²) < 4.78 is 0. The Labute approximate surface area is 109 Å². The lowest BCUT2D eigenvalue weighted by Crippen LogP contribution is -2.38. The monoisotopic (exact) mass is 248 g/mol. The van der Waals surface area contributed by atoms with Crippen LogP contribution in [-0.4, -0.2) is 40.5 Å². The topological polar surface area (TPSA) is 44.0 Å². The van der Waals surface area contributed by atoms with E-state index < -0.39 is 0 Å². The number of imidazole rings is 1. The number of rotatable bonds is 2. The zero-order chi connectivity index (χ0) is 12.5. The van der Waals surface area contributed by atoms with Crippen molar-refractivity contribution < 1.29 is 0 Å². The molecule has 100 valence electrons. The number of piperidine rings is 1. The van der Waals surface area contributed by atoms with Crippen LogP contribution in [-0.2, 0) is 13.0 Å². The van der Waals surface area contributed by atoms with Crippen molar-refractivity contribution in [3.8, 4) is 0 Å². The first-order valence-electron chi connectivity index (χ1n) is 7.26. The van der Waals surface area contributed by atoms with E-state index in [9.17, 15) is 0 Å². The van der Waals surface area contributed by atoms with E-state index >= 15 is 0 Å². The van der Waals surface area contributed by atoms with Crippen molar-refractivity contribution in [1.29, 1.82) is 0 Å². The molecule has 0 saturated carbocycles. The van der Waals surface area contributed by atoms with E-state index in [0.717, 1.165) is 19.5 Å². The summed E-state index contributed by atoms with van der Waals surface area (Å²) in [5, 5.41) is 3.40. The highest BCUT2D eigenvalue weighted by molar-refractivity contribution is 5.19. The van der Waals surface area contributed by atoms with Crippen molar-refractivity contribution in [1.82, 2.24) is 20.2 Å². The van der Waals surface area contributed by atoms with Crippen molar-refractivity contribution >= 4 is 0 Å². The van der Waals surface area contributed by atoms with E-state index in [-0.39, 0.29) is 0 Å². The summed E-state index contributed by atoms with van der Waals surface area (Å²) in [5.41, 5.74) is 2.62. The van der Waals surface area contributed by atoms with Crippen LogP contribution >= 0.6 is 0 Å². The molecule has 2 aliphatic rings. The quantitative estimate of drug-likeness (QED) is 0.836. The van der Waals surface area contributed by atoms with E-state index in [4.69, 9.17) is 4.98 Å². The number of nitrogens with one attached hydrogen (secondary N) is 2. The van der Waals surface area contributed by atoms with E-state index in [0.29, 0.717) is 12.0 Å². The van der Waals surface area contributed by atoms with Gasteiger partial charge in [0.25, 0.3) is 0 Å². The number of aromatic nitrogens is 2. The molecular formula is C14H24N4. The zero-order valence-corrected chi connectivity index (χ0v) is 11.5. The maximum atomic E-state index is 4.83. The van der Waals surface area contributed by atoms with Crippen LogP contribution in [0.3, 0.4) is 0 Å². The largest absolute Gasteiger partial charge is 0.344 e. The number of hydrogen-bond acceptors (Lipinski definition) is 3. The Balaban J connectivity index is 1.67. The van der Waals surface area contributed by atoms with Crippen molar-refractivity contribution in [3.05, 3.63) is 17.2 Å². The van der Waals surface area contributed by atoms with Gasteiger partial charge in [0.15, 0.2) is 0 Å². The zero-order valence-electron chi connectivity index (χ0n) is 11.5. The van der Waals surface area contributed by atoms with E-state index in [1.807, 2.05) is 0 Å². The molecule has 1 saturated heterocycles. The molecule has 0 unspecified atom stereocenters. The first-order valence-corrected chi connectivity index (χ1v) is 7.26. The molecule has 0 radical (unpaired) electrons. The second kappa shape index (κ2) is 5.02. The summed E-state index contributed by atoms with van der Waals surface area (Å²) >= 11 is 0. The fraction of sp³-hybridized carbons (Fsp3) is 0.786. The first-order chi connectivity index (χ1) is 8.74. The average molecular weight is 248 g/mol. The Bertz CT molecular complexity index is 378. The third kappa shape index (κ3) is 2.31. The number of hydrogen-bond donors (Lipinski definition) is 2. The average Bonchev–Trinajstić information content (AvgIpc) is 2.82. The summed E-state index contributed by atoms with van der Waals surface area (Å²) in [6.07, 6.45) is 3.58. The summed E-state index contributed by atoms with van der Waals surface area (Å²) in [5.74, 6) is 1.89. The molecule has 2 N–H and O–H groups in total. The second-order valence-corrected chi connectivity index (χ2v) is 5.88. The van der Waals surface area contributed by atoms with Gasteiger partial charge >= 0.3 is 0 Å². The van der Waals surface area contributed by atoms with Gasteiger partial charge in [0.2, 0.25) is 0 Å². The van der Waals surface area contributed by atoms with Gasteiger partial charge in [0.1, 0.15) is 5.82 Å². The predicted octanol–water partition coefficient (Wildman–Crippen LogP) is 1.64. The molecule has 4 nitrogen and oxygen atoms in total. The molecule has 0 atom stereocenters. The minimum absolute atomic E-state index is 0.644. The van der Waals surface area contributed by atoms with Crippen LogP contribution < -0.4 is 5.32 Å². The Morgan fingerprint density at radius 3 is 2.72 bits per heavy atom. The number of fused-ring (bicyclic) bond motifs is 1. The van der Waals surface area contributed by atoms with E-state index in [1.54, 1.807) is 0 Å². The molecule has 0 spiro atoms. The highest BCUT2D eigenvalue weighted by Crippen LogP contribution is 2.28. The van der Waals surface area contributed by atoms with Crippen molar-refractivity contribution in [2.75, 3.05) is 19.6 Å². The Hall–Kier alpha value is -0.870. The van der Waals surface area contributed by atoms with Crippen LogP contribution in [0.15, 0.2) is 0 Å². The molecule has 0 bridgehead atoms. The summed E-state index contributed by atoms with van der Waals surface area (Å²) in [4.78, 5) is 11.0. The Kier molecular flexibility index (Phi) is 3.39. The van der Waals surface area contributed by atoms with Gasteiger partial charge < -0.3 is 15.2 Å².